The molecule has 2 nitrogen and oxygen atoms in total. The summed E-state index contributed by atoms with van der Waals surface area (Å²) >= 11 is 3.40. The lowest BCUT2D eigenvalue weighted by Gasteiger charge is -2.07. The van der Waals surface area contributed by atoms with Crippen molar-refractivity contribution >= 4 is 21.9 Å². The van der Waals surface area contributed by atoms with Crippen molar-refractivity contribution in [3.63, 3.8) is 0 Å². The Morgan fingerprint density at radius 1 is 1.33 bits per heavy atom. The molecule has 0 heterocycles. The van der Waals surface area contributed by atoms with Crippen LogP contribution in [-0.4, -0.2) is 17.9 Å². The van der Waals surface area contributed by atoms with E-state index in [4.69, 9.17) is 4.74 Å². The van der Waals surface area contributed by atoms with Crippen LogP contribution in [0.1, 0.15) is 18.1 Å². The molecule has 0 atom stereocenters. The third-order valence-corrected chi connectivity index (χ3v) is 2.52. The van der Waals surface area contributed by atoms with Gasteiger partial charge in [0, 0.05) is 5.33 Å². The summed E-state index contributed by atoms with van der Waals surface area (Å²) in [6, 6.07) is 7.98. The van der Waals surface area contributed by atoms with Gasteiger partial charge in [-0.3, -0.25) is 4.79 Å². The Balaban J connectivity index is 2.70. The number of carbonyl (C=O) groups excluding carboxylic acids is 1. The Kier molecular flexibility index (Phi) is 5.40. The zero-order valence-corrected chi connectivity index (χ0v) is 10.4. The maximum atomic E-state index is 11.3. The lowest BCUT2D eigenvalue weighted by molar-refractivity contribution is -0.142. The molecule has 0 aromatic heterocycles. The fraction of sp³-hybridized carbons (Fsp3) is 0.417. The average molecular weight is 271 g/mol. The van der Waals surface area contributed by atoms with E-state index < -0.39 is 0 Å². The monoisotopic (exact) mass is 270 g/mol. The molecule has 1 aromatic carbocycles. The summed E-state index contributed by atoms with van der Waals surface area (Å²) in [6.07, 6.45) is 1.31. The van der Waals surface area contributed by atoms with Crippen molar-refractivity contribution in [2.45, 2.75) is 19.8 Å². The summed E-state index contributed by atoms with van der Waals surface area (Å²) in [5.74, 6) is -0.153. The van der Waals surface area contributed by atoms with Gasteiger partial charge in [0.15, 0.2) is 0 Å². The molecule has 0 N–H and O–H groups in total. The Labute approximate surface area is 98.8 Å². The minimum Gasteiger partial charge on any atom is -0.466 e. The lowest BCUT2D eigenvalue weighted by atomic mass is 10.0. The van der Waals surface area contributed by atoms with Gasteiger partial charge in [-0.1, -0.05) is 40.2 Å². The molecule has 0 fully saturated rings. The maximum Gasteiger partial charge on any atom is 0.310 e. The molecule has 0 saturated carbocycles. The van der Waals surface area contributed by atoms with Crippen molar-refractivity contribution in [3.05, 3.63) is 35.4 Å². The molecule has 0 aliphatic rings. The lowest BCUT2D eigenvalue weighted by Crippen LogP contribution is -2.09. The normalized spacial score (nSPS) is 10.0. The largest absolute Gasteiger partial charge is 0.466 e. The molecule has 1 rings (SSSR count). The van der Waals surface area contributed by atoms with Crippen LogP contribution in [0.4, 0.5) is 0 Å². The number of hydrogen-bond acceptors (Lipinski definition) is 2. The molecule has 3 heteroatoms. The van der Waals surface area contributed by atoms with Crippen LogP contribution in [-0.2, 0) is 22.4 Å². The first-order chi connectivity index (χ1) is 7.27. The average Bonchev–Trinajstić information content (AvgIpc) is 2.21. The van der Waals surface area contributed by atoms with Crippen molar-refractivity contribution < 1.29 is 9.53 Å². The fourth-order valence-corrected chi connectivity index (χ4v) is 1.87. The van der Waals surface area contributed by atoms with Crippen LogP contribution in [0, 0.1) is 0 Å². The topological polar surface area (TPSA) is 26.3 Å². The Morgan fingerprint density at radius 2 is 2.00 bits per heavy atom. The molecule has 0 spiro atoms. The third-order valence-electron chi connectivity index (χ3n) is 2.12. The van der Waals surface area contributed by atoms with Crippen molar-refractivity contribution in [2.24, 2.45) is 0 Å². The van der Waals surface area contributed by atoms with Crippen molar-refractivity contribution in [1.82, 2.24) is 0 Å². The van der Waals surface area contributed by atoms with Gasteiger partial charge >= 0.3 is 5.97 Å². The van der Waals surface area contributed by atoms with E-state index in [1.165, 1.54) is 5.56 Å². The highest BCUT2D eigenvalue weighted by molar-refractivity contribution is 9.09. The maximum absolute atomic E-state index is 11.3. The Bertz CT molecular complexity index is 323. The molecule has 0 bridgehead atoms. The molecular weight excluding hydrogens is 256 g/mol. The molecular formula is C12H15BrO2. The van der Waals surface area contributed by atoms with Crippen LogP contribution in [0.3, 0.4) is 0 Å². The molecule has 0 aliphatic carbocycles. The van der Waals surface area contributed by atoms with Crippen molar-refractivity contribution in [3.8, 4) is 0 Å². The second-order valence-corrected chi connectivity index (χ2v) is 3.98. The number of esters is 1. The van der Waals surface area contributed by atoms with E-state index in [0.29, 0.717) is 13.0 Å². The highest BCUT2D eigenvalue weighted by Gasteiger charge is 2.07. The fourth-order valence-electron chi connectivity index (χ4n) is 1.44. The number of aryl methyl sites for hydroxylation is 1. The minimum absolute atomic E-state index is 0.153. The van der Waals surface area contributed by atoms with Gasteiger partial charge < -0.3 is 4.74 Å². The SMILES string of the molecule is CCOC(=O)Cc1ccccc1CCBr. The van der Waals surface area contributed by atoms with Crippen LogP contribution in [0.25, 0.3) is 0 Å². The number of ether oxygens (including phenoxy) is 1. The number of alkyl halides is 1. The summed E-state index contributed by atoms with van der Waals surface area (Å²) < 4.78 is 4.93. The van der Waals surface area contributed by atoms with Crippen LogP contribution >= 0.6 is 15.9 Å². The molecule has 15 heavy (non-hydrogen) atoms. The van der Waals surface area contributed by atoms with Gasteiger partial charge in [0.25, 0.3) is 0 Å². The van der Waals surface area contributed by atoms with E-state index in [0.717, 1.165) is 17.3 Å². The highest BCUT2D eigenvalue weighted by atomic mass is 79.9. The van der Waals surface area contributed by atoms with Crippen LogP contribution in [0.15, 0.2) is 24.3 Å². The second kappa shape index (κ2) is 6.62. The van der Waals surface area contributed by atoms with Crippen LogP contribution in [0.2, 0.25) is 0 Å². The first kappa shape index (κ1) is 12.2. The quantitative estimate of drug-likeness (QED) is 0.608. The molecule has 0 amide bonds. The van der Waals surface area contributed by atoms with Crippen LogP contribution < -0.4 is 0 Å². The van der Waals surface area contributed by atoms with Gasteiger partial charge in [0.05, 0.1) is 13.0 Å². The Hall–Kier alpha value is -0.830. The minimum atomic E-state index is -0.153. The summed E-state index contributed by atoms with van der Waals surface area (Å²) in [7, 11) is 0. The van der Waals surface area contributed by atoms with Gasteiger partial charge in [-0.05, 0) is 24.5 Å². The molecule has 1 aromatic rings. The van der Waals surface area contributed by atoms with Gasteiger partial charge in [-0.2, -0.15) is 0 Å². The molecule has 0 saturated heterocycles. The van der Waals surface area contributed by atoms with Crippen LogP contribution in [0.5, 0.6) is 0 Å². The molecule has 0 aliphatic heterocycles. The molecule has 0 unspecified atom stereocenters. The zero-order chi connectivity index (χ0) is 11.1. The molecule has 82 valence electrons. The Morgan fingerprint density at radius 3 is 2.60 bits per heavy atom. The summed E-state index contributed by atoms with van der Waals surface area (Å²) in [5.41, 5.74) is 2.28. The third kappa shape index (κ3) is 4.04. The summed E-state index contributed by atoms with van der Waals surface area (Å²) in [5, 5.41) is 0.910. The van der Waals surface area contributed by atoms with E-state index in [2.05, 4.69) is 22.0 Å². The summed E-state index contributed by atoms with van der Waals surface area (Å²) in [4.78, 5) is 11.3. The zero-order valence-electron chi connectivity index (χ0n) is 8.83. The van der Waals surface area contributed by atoms with E-state index in [1.807, 2.05) is 25.1 Å². The van der Waals surface area contributed by atoms with Gasteiger partial charge in [0.2, 0.25) is 0 Å². The second-order valence-electron chi connectivity index (χ2n) is 3.19. The predicted molar refractivity (Wildman–Crippen MR) is 64.3 cm³/mol. The number of halogens is 1. The first-order valence-electron chi connectivity index (χ1n) is 5.06. The predicted octanol–water partition coefficient (Wildman–Crippen LogP) is 2.73. The summed E-state index contributed by atoms with van der Waals surface area (Å²) in [6.45, 7) is 2.27. The first-order valence-corrected chi connectivity index (χ1v) is 6.18. The van der Waals surface area contributed by atoms with Gasteiger partial charge in [0.1, 0.15) is 0 Å². The van der Waals surface area contributed by atoms with Gasteiger partial charge in [-0.25, -0.2) is 0 Å². The highest BCUT2D eigenvalue weighted by Crippen LogP contribution is 2.12. The van der Waals surface area contributed by atoms with E-state index in [-0.39, 0.29) is 5.97 Å². The van der Waals surface area contributed by atoms with Gasteiger partial charge in [-0.15, -0.1) is 0 Å². The standard InChI is InChI=1S/C12H15BrO2/c1-2-15-12(14)9-11-6-4-3-5-10(11)7-8-13/h3-6H,2,7-9H2,1H3. The smallest absolute Gasteiger partial charge is 0.310 e. The molecule has 0 radical (unpaired) electrons. The van der Waals surface area contributed by atoms with E-state index >= 15 is 0 Å². The number of benzene rings is 1. The number of hydrogen-bond donors (Lipinski definition) is 0. The van der Waals surface area contributed by atoms with E-state index in [9.17, 15) is 4.79 Å². The number of carbonyl (C=O) groups is 1. The van der Waals surface area contributed by atoms with Crippen molar-refractivity contribution in [2.75, 3.05) is 11.9 Å². The van der Waals surface area contributed by atoms with Crippen molar-refractivity contribution in [1.29, 1.82) is 0 Å². The number of rotatable bonds is 5. The van der Waals surface area contributed by atoms with E-state index in [1.54, 1.807) is 0 Å².